The highest BCUT2D eigenvalue weighted by Gasteiger charge is 2.29. The number of anilines is 1. The molecule has 38 heavy (non-hydrogen) atoms. The minimum absolute atomic E-state index is 0.0403. The summed E-state index contributed by atoms with van der Waals surface area (Å²) >= 11 is 6.11. The lowest BCUT2D eigenvalue weighted by atomic mass is 10.1. The Bertz CT molecular complexity index is 1430. The van der Waals surface area contributed by atoms with Crippen molar-refractivity contribution in [3.63, 3.8) is 0 Å². The van der Waals surface area contributed by atoms with Gasteiger partial charge in [0.1, 0.15) is 5.75 Å². The summed E-state index contributed by atoms with van der Waals surface area (Å²) in [6.45, 7) is 6.04. The molecule has 4 aromatic rings. The number of fused-ring (bicyclic) bond motifs is 1. The van der Waals surface area contributed by atoms with E-state index in [4.69, 9.17) is 26.1 Å². The summed E-state index contributed by atoms with van der Waals surface area (Å²) in [5.74, 6) is 0.303. The predicted molar refractivity (Wildman–Crippen MR) is 147 cm³/mol. The Morgan fingerprint density at radius 1 is 1.08 bits per heavy atom. The van der Waals surface area contributed by atoms with Gasteiger partial charge in [-0.2, -0.15) is 4.98 Å². The van der Waals surface area contributed by atoms with Crippen LogP contribution in [0.5, 0.6) is 11.8 Å². The van der Waals surface area contributed by atoms with Gasteiger partial charge in [-0.1, -0.05) is 41.9 Å². The van der Waals surface area contributed by atoms with Crippen LogP contribution in [-0.2, 0) is 16.1 Å². The highest BCUT2D eigenvalue weighted by atomic mass is 35.5. The molecule has 1 aromatic heterocycles. The highest BCUT2D eigenvalue weighted by Crippen LogP contribution is 2.35. The zero-order valence-corrected chi connectivity index (χ0v) is 22.4. The number of ether oxygens (including phenoxy) is 2. The number of Topliss-reactive ketones (excluding diaryl/α,β-unsaturated/α-hetero) is 1. The maximum atomic E-state index is 15.8. The van der Waals surface area contributed by atoms with Crippen LogP contribution in [0.1, 0.15) is 18.1 Å². The molecule has 198 valence electrons. The Labute approximate surface area is 226 Å². The van der Waals surface area contributed by atoms with Gasteiger partial charge in [-0.25, -0.2) is 4.39 Å². The molecule has 5 rings (SSSR count). The second kappa shape index (κ2) is 11.1. The van der Waals surface area contributed by atoms with Crippen molar-refractivity contribution >= 4 is 34.1 Å². The Kier molecular flexibility index (Phi) is 7.65. The molecular formula is C29H30ClFN4O3. The van der Waals surface area contributed by atoms with E-state index in [0.29, 0.717) is 66.3 Å². The molecule has 0 spiro atoms. The first-order valence-corrected chi connectivity index (χ1v) is 12.9. The number of benzene rings is 3. The number of hydrogen-bond acceptors (Lipinski definition) is 6. The van der Waals surface area contributed by atoms with Crippen molar-refractivity contribution in [2.75, 3.05) is 38.2 Å². The largest absolute Gasteiger partial charge is 0.425 e. The van der Waals surface area contributed by atoms with Crippen molar-refractivity contribution < 1.29 is 18.7 Å². The van der Waals surface area contributed by atoms with Gasteiger partial charge in [0.05, 0.1) is 23.3 Å². The van der Waals surface area contributed by atoms with E-state index < -0.39 is 6.23 Å². The van der Waals surface area contributed by atoms with Gasteiger partial charge >= 0.3 is 6.01 Å². The second-order valence-corrected chi connectivity index (χ2v) is 9.88. The molecule has 0 bridgehead atoms. The van der Waals surface area contributed by atoms with Crippen molar-refractivity contribution in [3.05, 3.63) is 82.6 Å². The first kappa shape index (κ1) is 26.2. The summed E-state index contributed by atoms with van der Waals surface area (Å²) in [5.41, 5.74) is 3.32. The number of nitrogens with zero attached hydrogens (tertiary/aromatic N) is 4. The lowest BCUT2D eigenvalue weighted by molar-refractivity contribution is -0.138. The predicted octanol–water partition coefficient (Wildman–Crippen LogP) is 5.66. The van der Waals surface area contributed by atoms with E-state index in [0.717, 1.165) is 11.1 Å². The van der Waals surface area contributed by atoms with Crippen LogP contribution in [0.3, 0.4) is 0 Å². The van der Waals surface area contributed by atoms with E-state index in [2.05, 4.69) is 0 Å². The maximum absolute atomic E-state index is 15.8. The van der Waals surface area contributed by atoms with Gasteiger partial charge in [-0.05, 0) is 49.7 Å². The number of imidazole rings is 1. The molecule has 0 saturated carbocycles. The first-order valence-electron chi connectivity index (χ1n) is 12.5. The minimum atomic E-state index is -0.579. The number of rotatable bonds is 8. The van der Waals surface area contributed by atoms with E-state index in [1.807, 2.05) is 75.0 Å². The van der Waals surface area contributed by atoms with Crippen molar-refractivity contribution in [1.82, 2.24) is 14.5 Å². The third-order valence-electron chi connectivity index (χ3n) is 6.92. The van der Waals surface area contributed by atoms with Gasteiger partial charge in [-0.3, -0.25) is 14.3 Å². The van der Waals surface area contributed by atoms with E-state index in [1.165, 1.54) is 14.0 Å². The maximum Gasteiger partial charge on any atom is 0.303 e. The molecular weight excluding hydrogens is 507 g/mol. The third-order valence-corrected chi connectivity index (χ3v) is 7.17. The van der Waals surface area contributed by atoms with E-state index >= 15 is 4.39 Å². The number of halogens is 2. The van der Waals surface area contributed by atoms with Crippen molar-refractivity contribution in [3.8, 4) is 11.8 Å². The molecule has 2 heterocycles. The molecule has 7 nitrogen and oxygen atoms in total. The normalized spacial score (nSPS) is 15.1. The summed E-state index contributed by atoms with van der Waals surface area (Å²) in [7, 11) is 1.53. The van der Waals surface area contributed by atoms with Gasteiger partial charge in [0.2, 0.25) is 0 Å². The van der Waals surface area contributed by atoms with Crippen molar-refractivity contribution in [1.29, 1.82) is 0 Å². The molecule has 0 aliphatic carbocycles. The van der Waals surface area contributed by atoms with Gasteiger partial charge in [0, 0.05) is 43.9 Å². The number of piperazine rings is 1. The highest BCUT2D eigenvalue weighted by molar-refractivity contribution is 6.30. The number of carbonyl (C=O) groups is 1. The van der Waals surface area contributed by atoms with Gasteiger partial charge < -0.3 is 14.4 Å². The average Bonchev–Trinajstić information content (AvgIpc) is 3.25. The smallest absolute Gasteiger partial charge is 0.303 e. The topological polar surface area (TPSA) is 59.8 Å². The van der Waals surface area contributed by atoms with Crippen molar-refractivity contribution in [2.45, 2.75) is 26.6 Å². The van der Waals surface area contributed by atoms with Crippen LogP contribution in [0, 0.1) is 12.7 Å². The molecule has 1 saturated heterocycles. The first-order chi connectivity index (χ1) is 18.4. The third kappa shape index (κ3) is 5.25. The van der Waals surface area contributed by atoms with E-state index in [1.54, 1.807) is 6.92 Å². The van der Waals surface area contributed by atoms with E-state index in [9.17, 15) is 4.79 Å². The Morgan fingerprint density at radius 2 is 1.76 bits per heavy atom. The van der Waals surface area contributed by atoms with Crippen molar-refractivity contribution in [2.24, 2.45) is 0 Å². The summed E-state index contributed by atoms with van der Waals surface area (Å²) in [4.78, 5) is 20.7. The molecule has 0 N–H and O–H groups in total. The Hall–Kier alpha value is -3.46. The molecule has 0 amide bonds. The zero-order valence-electron chi connectivity index (χ0n) is 21.7. The average molecular weight is 537 g/mol. The fourth-order valence-corrected chi connectivity index (χ4v) is 5.08. The standard InChI is InChI=1S/C29H30ClFN4O3/c1-19-26(31)24(33-13-15-34(16-14-33)28(37-3)20(2)36)17-25-27(19)32-29(38-23-7-5-4-6-8-23)35(25)18-21-9-11-22(30)12-10-21/h4-12,17,28H,13-16,18H2,1-3H3. The lowest BCUT2D eigenvalue weighted by Crippen LogP contribution is -2.53. The number of para-hydroxylation sites is 1. The van der Waals surface area contributed by atoms with Crippen LogP contribution in [0.15, 0.2) is 60.7 Å². The number of methoxy groups -OCH3 is 1. The molecule has 1 unspecified atom stereocenters. The van der Waals surface area contributed by atoms with E-state index in [-0.39, 0.29) is 11.6 Å². The van der Waals surface area contributed by atoms with Gasteiger partial charge in [0.15, 0.2) is 17.8 Å². The number of carbonyl (C=O) groups excluding carboxylic acids is 1. The number of ketones is 1. The SMILES string of the molecule is COC(C(C)=O)N1CCN(c2cc3c(nc(Oc4ccccc4)n3Cc3ccc(Cl)cc3)c(C)c2F)CC1. The Morgan fingerprint density at radius 3 is 2.39 bits per heavy atom. The molecule has 1 aliphatic rings. The van der Waals surface area contributed by atoms with Crippen LogP contribution < -0.4 is 9.64 Å². The second-order valence-electron chi connectivity index (χ2n) is 9.45. The molecule has 1 fully saturated rings. The summed E-state index contributed by atoms with van der Waals surface area (Å²) in [6.07, 6.45) is -0.579. The van der Waals surface area contributed by atoms with Crippen LogP contribution in [0.25, 0.3) is 11.0 Å². The van der Waals surface area contributed by atoms with Gasteiger partial charge in [-0.15, -0.1) is 0 Å². The monoisotopic (exact) mass is 536 g/mol. The van der Waals surface area contributed by atoms with Crippen LogP contribution in [0.4, 0.5) is 10.1 Å². The molecule has 0 radical (unpaired) electrons. The molecule has 3 aromatic carbocycles. The number of aromatic nitrogens is 2. The number of hydrogen-bond donors (Lipinski definition) is 0. The fourth-order valence-electron chi connectivity index (χ4n) is 4.95. The summed E-state index contributed by atoms with van der Waals surface area (Å²) in [6, 6.07) is 19.3. The zero-order chi connectivity index (χ0) is 26.8. The van der Waals surface area contributed by atoms with Crippen LogP contribution in [-0.4, -0.2) is 59.8 Å². The van der Waals surface area contributed by atoms with Crippen LogP contribution >= 0.6 is 11.6 Å². The Balaban J connectivity index is 1.53. The molecule has 1 atom stereocenters. The van der Waals surface area contributed by atoms with Crippen LogP contribution in [0.2, 0.25) is 5.02 Å². The summed E-state index contributed by atoms with van der Waals surface area (Å²) < 4.78 is 29.3. The van der Waals surface area contributed by atoms with Gasteiger partial charge in [0.25, 0.3) is 0 Å². The minimum Gasteiger partial charge on any atom is -0.425 e. The summed E-state index contributed by atoms with van der Waals surface area (Å²) in [5, 5.41) is 0.657. The molecule has 9 heteroatoms. The molecule has 1 aliphatic heterocycles. The lowest BCUT2D eigenvalue weighted by Gasteiger charge is -2.38. The fraction of sp³-hybridized carbons (Fsp3) is 0.310. The number of aryl methyl sites for hydroxylation is 1. The quantitative estimate of drug-likeness (QED) is 0.289.